The molecule has 0 aliphatic carbocycles. The van der Waals surface area contributed by atoms with Crippen molar-refractivity contribution < 1.29 is 32.3 Å². The van der Waals surface area contributed by atoms with E-state index in [1.165, 1.54) is 44.7 Å². The number of carbonyl (C=O) groups excluding carboxylic acids is 3. The standard InChI is InChI=1S/C19H20F3N3O4/c1-10(8-15(26)29-4)23-18(28)17(27)16-11(2)24-25(12(16)3)14-7-5-6-13(9-14)19(20,21)22/h5-7,9-10H,8H2,1-4H3,(H,23,28). The van der Waals surface area contributed by atoms with Crippen molar-refractivity contribution in [1.82, 2.24) is 15.1 Å². The third-order valence-corrected chi connectivity index (χ3v) is 4.22. The zero-order valence-corrected chi connectivity index (χ0v) is 16.3. The summed E-state index contributed by atoms with van der Waals surface area (Å²) in [5.74, 6) is -2.39. The number of nitrogens with one attached hydrogen (secondary N) is 1. The highest BCUT2D eigenvalue weighted by Gasteiger charge is 2.31. The normalized spacial score (nSPS) is 12.4. The SMILES string of the molecule is COC(=O)CC(C)NC(=O)C(=O)c1c(C)nn(-c2cccc(C(F)(F)F)c2)c1C. The van der Waals surface area contributed by atoms with E-state index in [0.29, 0.717) is 0 Å². The van der Waals surface area contributed by atoms with E-state index in [2.05, 4.69) is 15.2 Å². The number of carbonyl (C=O) groups is 3. The van der Waals surface area contributed by atoms with Crippen molar-refractivity contribution in [1.29, 1.82) is 0 Å². The summed E-state index contributed by atoms with van der Waals surface area (Å²) in [5.41, 5.74) is -0.336. The fourth-order valence-corrected chi connectivity index (χ4v) is 2.82. The molecule has 1 unspecified atom stereocenters. The third-order valence-electron chi connectivity index (χ3n) is 4.22. The van der Waals surface area contributed by atoms with Gasteiger partial charge in [-0.3, -0.25) is 14.4 Å². The number of alkyl halides is 3. The maximum absolute atomic E-state index is 13.0. The number of esters is 1. The highest BCUT2D eigenvalue weighted by Crippen LogP contribution is 2.30. The van der Waals surface area contributed by atoms with E-state index in [9.17, 15) is 27.6 Å². The first-order chi connectivity index (χ1) is 13.5. The van der Waals surface area contributed by atoms with Crippen LogP contribution in [-0.4, -0.2) is 40.6 Å². The summed E-state index contributed by atoms with van der Waals surface area (Å²) in [7, 11) is 1.21. The number of methoxy groups -OCH3 is 1. The first-order valence-corrected chi connectivity index (χ1v) is 8.61. The van der Waals surface area contributed by atoms with Crippen LogP contribution in [0.15, 0.2) is 24.3 Å². The molecular formula is C19H20F3N3O4. The Balaban J connectivity index is 2.31. The molecule has 0 saturated heterocycles. The molecule has 0 spiro atoms. The van der Waals surface area contributed by atoms with Crippen LogP contribution in [0.1, 0.15) is 40.7 Å². The first-order valence-electron chi connectivity index (χ1n) is 8.61. The smallest absolute Gasteiger partial charge is 0.416 e. The van der Waals surface area contributed by atoms with E-state index >= 15 is 0 Å². The summed E-state index contributed by atoms with van der Waals surface area (Å²) < 4.78 is 44.6. The lowest BCUT2D eigenvalue weighted by molar-refractivity contribution is -0.141. The number of aromatic nitrogens is 2. The van der Waals surface area contributed by atoms with Gasteiger partial charge in [-0.05, 0) is 39.0 Å². The highest BCUT2D eigenvalue weighted by atomic mass is 19.4. The van der Waals surface area contributed by atoms with Crippen molar-refractivity contribution in [3.8, 4) is 5.69 Å². The molecule has 0 bridgehead atoms. The summed E-state index contributed by atoms with van der Waals surface area (Å²) in [6, 6.07) is 3.85. The molecule has 1 aromatic carbocycles. The topological polar surface area (TPSA) is 90.3 Å². The average molecular weight is 411 g/mol. The molecule has 0 saturated carbocycles. The van der Waals surface area contributed by atoms with Gasteiger partial charge in [0.25, 0.3) is 11.7 Å². The molecule has 156 valence electrons. The molecular weight excluding hydrogens is 391 g/mol. The molecule has 0 radical (unpaired) electrons. The van der Waals surface area contributed by atoms with Crippen LogP contribution < -0.4 is 5.32 Å². The summed E-state index contributed by atoms with van der Waals surface area (Å²) in [6.07, 6.45) is -4.64. The highest BCUT2D eigenvalue weighted by molar-refractivity contribution is 6.43. The number of amides is 1. The Hall–Kier alpha value is -3.17. The minimum Gasteiger partial charge on any atom is -0.469 e. The Labute approximate surface area is 164 Å². The van der Waals surface area contributed by atoms with E-state index in [1.54, 1.807) is 0 Å². The Bertz CT molecular complexity index is 951. The summed E-state index contributed by atoms with van der Waals surface area (Å²) >= 11 is 0. The van der Waals surface area contributed by atoms with Crippen molar-refractivity contribution in [2.75, 3.05) is 7.11 Å². The predicted molar refractivity (Wildman–Crippen MR) is 96.6 cm³/mol. The number of ketones is 1. The lowest BCUT2D eigenvalue weighted by atomic mass is 10.1. The van der Waals surface area contributed by atoms with Crippen molar-refractivity contribution in [3.63, 3.8) is 0 Å². The van der Waals surface area contributed by atoms with E-state index in [-0.39, 0.29) is 29.1 Å². The van der Waals surface area contributed by atoms with Gasteiger partial charge in [0.05, 0.1) is 41.7 Å². The summed E-state index contributed by atoms with van der Waals surface area (Å²) in [6.45, 7) is 4.50. The molecule has 1 amide bonds. The van der Waals surface area contributed by atoms with E-state index < -0.39 is 35.4 Å². The Morgan fingerprint density at radius 2 is 1.90 bits per heavy atom. The lowest BCUT2D eigenvalue weighted by Gasteiger charge is -2.12. The molecule has 29 heavy (non-hydrogen) atoms. The van der Waals surface area contributed by atoms with Gasteiger partial charge in [0, 0.05) is 6.04 Å². The molecule has 0 aliphatic heterocycles. The van der Waals surface area contributed by atoms with Crippen LogP contribution in [-0.2, 0) is 20.5 Å². The van der Waals surface area contributed by atoms with Crippen molar-refractivity contribution >= 4 is 17.7 Å². The van der Waals surface area contributed by atoms with Crippen molar-refractivity contribution in [2.45, 2.75) is 39.4 Å². The predicted octanol–water partition coefficient (Wildman–Crippen LogP) is 2.76. The molecule has 1 aromatic heterocycles. The first kappa shape index (κ1) is 22.1. The van der Waals surface area contributed by atoms with E-state index in [4.69, 9.17) is 0 Å². The van der Waals surface area contributed by atoms with Gasteiger partial charge < -0.3 is 10.1 Å². The Kier molecular flexibility index (Phi) is 6.45. The van der Waals surface area contributed by atoms with E-state index in [1.807, 2.05) is 0 Å². The molecule has 2 rings (SSSR count). The third kappa shape index (κ3) is 5.01. The average Bonchev–Trinajstić information content (AvgIpc) is 2.94. The molecule has 7 nitrogen and oxygen atoms in total. The van der Waals surface area contributed by atoms with Crippen LogP contribution in [0.3, 0.4) is 0 Å². The number of benzene rings is 1. The number of ether oxygens (including phenoxy) is 1. The van der Waals surface area contributed by atoms with Crippen LogP contribution in [0.5, 0.6) is 0 Å². The number of halogens is 3. The number of hydrogen-bond donors (Lipinski definition) is 1. The number of aryl methyl sites for hydroxylation is 1. The Morgan fingerprint density at radius 1 is 1.24 bits per heavy atom. The maximum atomic E-state index is 13.0. The van der Waals surface area contributed by atoms with Gasteiger partial charge in [-0.25, -0.2) is 4.68 Å². The van der Waals surface area contributed by atoms with Gasteiger partial charge in [0.15, 0.2) is 0 Å². The molecule has 1 N–H and O–H groups in total. The summed E-state index contributed by atoms with van der Waals surface area (Å²) in [5, 5.41) is 6.52. The van der Waals surface area contributed by atoms with Crippen LogP contribution in [0.4, 0.5) is 13.2 Å². The molecule has 0 fully saturated rings. The van der Waals surface area contributed by atoms with Crippen LogP contribution in [0, 0.1) is 13.8 Å². The molecule has 10 heteroatoms. The summed E-state index contributed by atoms with van der Waals surface area (Å²) in [4.78, 5) is 36.1. The number of rotatable bonds is 6. The zero-order valence-electron chi connectivity index (χ0n) is 16.3. The second-order valence-electron chi connectivity index (χ2n) is 6.49. The van der Waals surface area contributed by atoms with E-state index in [0.717, 1.165) is 12.1 Å². The van der Waals surface area contributed by atoms with Crippen LogP contribution in [0.25, 0.3) is 5.69 Å². The van der Waals surface area contributed by atoms with Crippen molar-refractivity contribution in [2.24, 2.45) is 0 Å². The largest absolute Gasteiger partial charge is 0.469 e. The van der Waals surface area contributed by atoms with Crippen LogP contribution in [0.2, 0.25) is 0 Å². The maximum Gasteiger partial charge on any atom is 0.416 e. The molecule has 0 aliphatic rings. The second kappa shape index (κ2) is 8.46. The minimum absolute atomic E-state index is 0.00909. The van der Waals surface area contributed by atoms with Crippen molar-refractivity contribution in [3.05, 3.63) is 46.8 Å². The fourth-order valence-electron chi connectivity index (χ4n) is 2.82. The van der Waals surface area contributed by atoms with Gasteiger partial charge in [0.2, 0.25) is 0 Å². The quantitative estimate of drug-likeness (QED) is 0.449. The molecule has 2 aromatic rings. The van der Waals surface area contributed by atoms with Gasteiger partial charge in [-0.2, -0.15) is 18.3 Å². The Morgan fingerprint density at radius 3 is 2.48 bits per heavy atom. The number of Topliss-reactive ketones (excluding diaryl/α,β-unsaturated/α-hetero) is 1. The molecule has 1 heterocycles. The lowest BCUT2D eigenvalue weighted by Crippen LogP contribution is -2.39. The number of hydrogen-bond acceptors (Lipinski definition) is 5. The zero-order chi connectivity index (χ0) is 21.9. The minimum atomic E-state index is -4.53. The number of nitrogens with zero attached hydrogens (tertiary/aromatic N) is 2. The second-order valence-corrected chi connectivity index (χ2v) is 6.49. The van der Waals surface area contributed by atoms with Gasteiger partial charge in [0.1, 0.15) is 0 Å². The van der Waals surface area contributed by atoms with Gasteiger partial charge in [-0.1, -0.05) is 6.07 Å². The molecule has 1 atom stereocenters. The van der Waals surface area contributed by atoms with Gasteiger partial charge >= 0.3 is 12.1 Å². The van der Waals surface area contributed by atoms with Crippen LogP contribution >= 0.6 is 0 Å². The van der Waals surface area contributed by atoms with Gasteiger partial charge in [-0.15, -0.1) is 0 Å². The fraction of sp³-hybridized carbons (Fsp3) is 0.368. The monoisotopic (exact) mass is 411 g/mol.